The van der Waals surface area contributed by atoms with E-state index in [0.29, 0.717) is 11.3 Å². The topological polar surface area (TPSA) is 108 Å². The minimum atomic E-state index is -1.16. The molecule has 0 heterocycles. The zero-order valence-electron chi connectivity index (χ0n) is 11.1. The highest BCUT2D eigenvalue weighted by Gasteiger charge is 2.25. The zero-order valence-corrected chi connectivity index (χ0v) is 11.1. The third-order valence-corrected chi connectivity index (χ3v) is 2.85. The molecule has 0 bridgehead atoms. The fourth-order valence-corrected chi connectivity index (χ4v) is 1.78. The van der Waals surface area contributed by atoms with Gasteiger partial charge in [0.15, 0.2) is 0 Å². The monoisotopic (exact) mass is 263 g/mol. The fraction of sp³-hybridized carbons (Fsp3) is 0.308. The average molecular weight is 263 g/mol. The van der Waals surface area contributed by atoms with Crippen LogP contribution in [-0.2, 0) is 9.59 Å². The van der Waals surface area contributed by atoms with E-state index in [0.717, 1.165) is 11.3 Å². The molecule has 0 fully saturated rings. The number of carbonyl (C=O) groups excluding carboxylic acids is 2. The van der Waals surface area contributed by atoms with Crippen molar-refractivity contribution in [2.24, 2.45) is 16.5 Å². The average Bonchev–Trinajstić information content (AvgIpc) is 2.36. The molecule has 0 aliphatic carbocycles. The Morgan fingerprint density at radius 1 is 1.26 bits per heavy atom. The van der Waals surface area contributed by atoms with E-state index in [2.05, 4.69) is 4.99 Å². The Balaban J connectivity index is 3.34. The Morgan fingerprint density at radius 3 is 2.26 bits per heavy atom. The predicted molar refractivity (Wildman–Crippen MR) is 72.3 cm³/mol. The number of amides is 2. The quantitative estimate of drug-likeness (QED) is 0.584. The molecule has 0 saturated carbocycles. The van der Waals surface area contributed by atoms with Crippen LogP contribution in [0, 0.1) is 0 Å². The molecular weight excluding hydrogens is 246 g/mol. The summed E-state index contributed by atoms with van der Waals surface area (Å²) in [4.78, 5) is 26.6. The van der Waals surface area contributed by atoms with Gasteiger partial charge in [0.05, 0.1) is 7.11 Å². The van der Waals surface area contributed by atoms with E-state index in [4.69, 9.17) is 16.2 Å². The number of rotatable bonds is 5. The molecule has 102 valence electrons. The molecule has 0 unspecified atom stereocenters. The Morgan fingerprint density at radius 2 is 1.84 bits per heavy atom. The first kappa shape index (κ1) is 14.7. The lowest BCUT2D eigenvalue weighted by Gasteiger charge is -2.14. The van der Waals surface area contributed by atoms with Crippen LogP contribution in [0.25, 0.3) is 0 Å². The summed E-state index contributed by atoms with van der Waals surface area (Å²) in [7, 11) is 3.16. The van der Waals surface area contributed by atoms with Gasteiger partial charge in [-0.1, -0.05) is 6.07 Å². The first-order valence-electron chi connectivity index (χ1n) is 5.62. The van der Waals surface area contributed by atoms with Crippen molar-refractivity contribution in [2.45, 2.75) is 12.8 Å². The van der Waals surface area contributed by atoms with Crippen molar-refractivity contribution in [1.29, 1.82) is 0 Å². The molecule has 2 amide bonds. The molecule has 0 radical (unpaired) electrons. The molecule has 1 rings (SSSR count). The van der Waals surface area contributed by atoms with E-state index in [1.54, 1.807) is 25.2 Å². The van der Waals surface area contributed by atoms with Gasteiger partial charge in [0, 0.05) is 18.3 Å². The molecule has 1 aromatic carbocycles. The largest absolute Gasteiger partial charge is 0.496 e. The minimum absolute atomic E-state index is 0.407. The van der Waals surface area contributed by atoms with Gasteiger partial charge in [-0.25, -0.2) is 0 Å². The summed E-state index contributed by atoms with van der Waals surface area (Å²) in [6, 6.07) is 4.91. The van der Waals surface area contributed by atoms with Gasteiger partial charge in [-0.05, 0) is 24.6 Å². The normalized spacial score (nSPS) is 11.5. The van der Waals surface area contributed by atoms with Gasteiger partial charge in [-0.15, -0.1) is 0 Å². The number of primary amides is 2. The molecule has 0 atom stereocenters. The lowest BCUT2D eigenvalue weighted by molar-refractivity contribution is -0.128. The van der Waals surface area contributed by atoms with E-state index in [9.17, 15) is 9.59 Å². The van der Waals surface area contributed by atoms with E-state index in [1.807, 2.05) is 6.92 Å². The van der Waals surface area contributed by atoms with E-state index < -0.39 is 17.7 Å². The molecular formula is C13H17N3O3. The van der Waals surface area contributed by atoms with Gasteiger partial charge < -0.3 is 16.2 Å². The Bertz CT molecular complexity index is 524. The summed E-state index contributed by atoms with van der Waals surface area (Å²) in [6.07, 6.45) is 0. The van der Waals surface area contributed by atoms with Crippen LogP contribution in [0.5, 0.6) is 5.75 Å². The van der Waals surface area contributed by atoms with Crippen molar-refractivity contribution in [3.8, 4) is 5.75 Å². The van der Waals surface area contributed by atoms with Gasteiger partial charge in [-0.3, -0.25) is 14.6 Å². The third kappa shape index (κ3) is 3.09. The Labute approximate surface area is 111 Å². The van der Waals surface area contributed by atoms with Crippen LogP contribution >= 0.6 is 0 Å². The minimum Gasteiger partial charge on any atom is -0.496 e. The van der Waals surface area contributed by atoms with Gasteiger partial charge in [-0.2, -0.15) is 0 Å². The van der Waals surface area contributed by atoms with Gasteiger partial charge in [0.2, 0.25) is 11.8 Å². The molecule has 6 nitrogen and oxygen atoms in total. The SMILES string of the molecule is CN=C(C)c1ccc(C(C(N)=O)C(N)=O)cc1OC. The predicted octanol–water partition coefficient (Wildman–Crippen LogP) is 0.188. The number of hydrogen-bond acceptors (Lipinski definition) is 4. The highest BCUT2D eigenvalue weighted by molar-refractivity contribution is 6.05. The van der Waals surface area contributed by atoms with Gasteiger partial charge in [0.1, 0.15) is 11.7 Å². The van der Waals surface area contributed by atoms with Crippen LogP contribution in [-0.4, -0.2) is 31.7 Å². The Hall–Kier alpha value is -2.37. The molecule has 0 aliphatic heterocycles. The molecule has 0 aromatic heterocycles. The number of carbonyl (C=O) groups is 2. The first-order chi connectivity index (χ1) is 8.92. The van der Waals surface area contributed by atoms with Gasteiger partial charge >= 0.3 is 0 Å². The van der Waals surface area contributed by atoms with Crippen molar-refractivity contribution in [2.75, 3.05) is 14.2 Å². The van der Waals surface area contributed by atoms with Crippen molar-refractivity contribution < 1.29 is 14.3 Å². The Kier molecular flexibility index (Phi) is 4.63. The molecule has 6 heteroatoms. The van der Waals surface area contributed by atoms with Crippen molar-refractivity contribution >= 4 is 17.5 Å². The summed E-state index contributed by atoms with van der Waals surface area (Å²) < 4.78 is 5.23. The summed E-state index contributed by atoms with van der Waals surface area (Å²) >= 11 is 0. The zero-order chi connectivity index (χ0) is 14.6. The van der Waals surface area contributed by atoms with Crippen molar-refractivity contribution in [3.63, 3.8) is 0 Å². The molecule has 0 spiro atoms. The maximum Gasteiger partial charge on any atom is 0.234 e. The molecule has 19 heavy (non-hydrogen) atoms. The second-order valence-corrected chi connectivity index (χ2v) is 4.01. The van der Waals surface area contributed by atoms with E-state index >= 15 is 0 Å². The van der Waals surface area contributed by atoms with Crippen molar-refractivity contribution in [1.82, 2.24) is 0 Å². The standard InChI is InChI=1S/C13H17N3O3/c1-7(16-2)9-5-4-8(6-10(9)19-3)11(12(14)17)13(15)18/h4-6,11H,1-3H3,(H2,14,17)(H2,15,18). The summed E-state index contributed by atoms with van der Waals surface area (Å²) in [5.74, 6) is -2.23. The van der Waals surface area contributed by atoms with Crippen LogP contribution < -0.4 is 16.2 Å². The smallest absolute Gasteiger partial charge is 0.234 e. The van der Waals surface area contributed by atoms with Crippen LogP contribution in [0.3, 0.4) is 0 Å². The van der Waals surface area contributed by atoms with Crippen LogP contribution in [0.15, 0.2) is 23.2 Å². The number of ether oxygens (including phenoxy) is 1. The lowest BCUT2D eigenvalue weighted by atomic mass is 9.95. The summed E-state index contributed by atoms with van der Waals surface area (Å²) in [5.41, 5.74) is 12.3. The molecule has 1 aromatic rings. The number of nitrogens with two attached hydrogens (primary N) is 2. The molecule has 0 aliphatic rings. The highest BCUT2D eigenvalue weighted by atomic mass is 16.5. The van der Waals surface area contributed by atoms with Crippen LogP contribution in [0.2, 0.25) is 0 Å². The second-order valence-electron chi connectivity index (χ2n) is 4.01. The number of hydrogen-bond donors (Lipinski definition) is 2. The van der Waals surface area contributed by atoms with Gasteiger partial charge in [0.25, 0.3) is 0 Å². The van der Waals surface area contributed by atoms with E-state index in [1.165, 1.54) is 7.11 Å². The number of aliphatic imine (C=N–C) groups is 1. The van der Waals surface area contributed by atoms with E-state index in [-0.39, 0.29) is 0 Å². The molecule has 4 N–H and O–H groups in total. The van der Waals surface area contributed by atoms with Crippen molar-refractivity contribution in [3.05, 3.63) is 29.3 Å². The highest BCUT2D eigenvalue weighted by Crippen LogP contribution is 2.25. The lowest BCUT2D eigenvalue weighted by Crippen LogP contribution is -2.33. The number of nitrogens with zero attached hydrogens (tertiary/aromatic N) is 1. The number of methoxy groups -OCH3 is 1. The maximum atomic E-state index is 11.3. The first-order valence-corrected chi connectivity index (χ1v) is 5.62. The van der Waals surface area contributed by atoms with Crippen LogP contribution in [0.1, 0.15) is 24.0 Å². The second kappa shape index (κ2) is 5.99. The molecule has 0 saturated heterocycles. The maximum absolute atomic E-state index is 11.3. The van der Waals surface area contributed by atoms with Crippen LogP contribution in [0.4, 0.5) is 0 Å². The number of benzene rings is 1. The summed E-state index contributed by atoms with van der Waals surface area (Å²) in [5, 5.41) is 0. The third-order valence-electron chi connectivity index (χ3n) is 2.85. The summed E-state index contributed by atoms with van der Waals surface area (Å²) in [6.45, 7) is 1.83. The fourth-order valence-electron chi connectivity index (χ4n) is 1.78.